The molecule has 1 aliphatic rings. The third-order valence-electron chi connectivity index (χ3n) is 5.34. The summed E-state index contributed by atoms with van der Waals surface area (Å²) in [6.45, 7) is 2.25. The van der Waals surface area contributed by atoms with Gasteiger partial charge in [0.2, 0.25) is 0 Å². The summed E-state index contributed by atoms with van der Waals surface area (Å²) >= 11 is 0. The van der Waals surface area contributed by atoms with Crippen molar-refractivity contribution in [3.8, 4) is 0 Å². The second-order valence-electron chi connectivity index (χ2n) is 7.93. The third-order valence-corrected chi connectivity index (χ3v) is 5.34. The maximum atomic E-state index is 11.7. The van der Waals surface area contributed by atoms with Crippen molar-refractivity contribution in [3.05, 3.63) is 0 Å². The summed E-state index contributed by atoms with van der Waals surface area (Å²) < 4.78 is 4.97. The van der Waals surface area contributed by atoms with E-state index in [4.69, 9.17) is 9.94 Å². The minimum atomic E-state index is -1.15. The highest BCUT2D eigenvalue weighted by Gasteiger charge is 2.40. The van der Waals surface area contributed by atoms with Gasteiger partial charge in [0, 0.05) is 6.42 Å². The van der Waals surface area contributed by atoms with E-state index >= 15 is 0 Å². The summed E-state index contributed by atoms with van der Waals surface area (Å²) in [6.07, 6.45) is 17.7. The van der Waals surface area contributed by atoms with Crippen molar-refractivity contribution in [3.63, 3.8) is 0 Å². The van der Waals surface area contributed by atoms with Crippen LogP contribution in [-0.4, -0.2) is 34.2 Å². The Labute approximate surface area is 170 Å². The summed E-state index contributed by atoms with van der Waals surface area (Å²) in [4.78, 5) is 34.3. The van der Waals surface area contributed by atoms with Crippen molar-refractivity contribution in [1.29, 1.82) is 0 Å². The Morgan fingerprint density at radius 2 is 1.29 bits per heavy atom. The molecule has 28 heavy (non-hydrogen) atoms. The minimum absolute atomic E-state index is 0.0333. The molecular formula is C22H39NO5. The van der Waals surface area contributed by atoms with Crippen LogP contribution in [0.1, 0.15) is 116 Å². The monoisotopic (exact) mass is 397 g/mol. The van der Waals surface area contributed by atoms with E-state index in [9.17, 15) is 14.4 Å². The van der Waals surface area contributed by atoms with Gasteiger partial charge in [-0.05, 0) is 6.42 Å². The van der Waals surface area contributed by atoms with E-state index in [-0.39, 0.29) is 17.9 Å². The summed E-state index contributed by atoms with van der Waals surface area (Å²) in [5, 5.41) is 9.14. The maximum absolute atomic E-state index is 11.7. The van der Waals surface area contributed by atoms with Crippen molar-refractivity contribution >= 4 is 17.8 Å². The van der Waals surface area contributed by atoms with Crippen LogP contribution in [0.4, 0.5) is 0 Å². The molecule has 0 aromatic heterocycles. The second-order valence-corrected chi connectivity index (χ2v) is 7.93. The number of esters is 1. The molecule has 0 aliphatic carbocycles. The molecule has 0 spiro atoms. The van der Waals surface area contributed by atoms with Gasteiger partial charge in [-0.25, -0.2) is 0 Å². The Kier molecular flexibility index (Phi) is 13.6. The highest BCUT2D eigenvalue weighted by molar-refractivity contribution is 6.04. The lowest BCUT2D eigenvalue weighted by molar-refractivity contribution is -0.176. The molecule has 1 atom stereocenters. The Morgan fingerprint density at radius 1 is 0.857 bits per heavy atom. The van der Waals surface area contributed by atoms with E-state index in [1.165, 1.54) is 77.0 Å². The van der Waals surface area contributed by atoms with Crippen molar-refractivity contribution in [2.45, 2.75) is 122 Å². The predicted molar refractivity (Wildman–Crippen MR) is 108 cm³/mol. The molecule has 1 rings (SSSR count). The Bertz CT molecular complexity index is 466. The molecule has 6 heteroatoms. The Hall–Kier alpha value is -1.43. The Morgan fingerprint density at radius 3 is 1.68 bits per heavy atom. The molecule has 1 unspecified atom stereocenters. The van der Waals surface area contributed by atoms with Gasteiger partial charge in [0.1, 0.15) is 0 Å². The quantitative estimate of drug-likeness (QED) is 0.156. The number of ether oxygens (including phenoxy) is 1. The fraction of sp³-hybridized carbons (Fsp3) is 0.864. The van der Waals surface area contributed by atoms with E-state index < -0.39 is 23.9 Å². The van der Waals surface area contributed by atoms with Crippen LogP contribution < -0.4 is 0 Å². The number of hydrogen-bond donors (Lipinski definition) is 1. The predicted octanol–water partition coefficient (Wildman–Crippen LogP) is 5.31. The van der Waals surface area contributed by atoms with Crippen molar-refractivity contribution < 1.29 is 24.3 Å². The standard InChI is InChI=1S/C22H39NO5/c1-2-3-4-5-6-7-8-9-10-11-12-13-14-15-16-17-21(25)28-19-18-20(24)23(27)22(19)26/h19,27H,2-18H2,1H3. The van der Waals surface area contributed by atoms with Gasteiger partial charge < -0.3 is 4.74 Å². The van der Waals surface area contributed by atoms with Crippen molar-refractivity contribution in [1.82, 2.24) is 5.06 Å². The molecule has 1 heterocycles. The van der Waals surface area contributed by atoms with Crippen LogP contribution in [0, 0.1) is 0 Å². The Balaban J connectivity index is 1.83. The van der Waals surface area contributed by atoms with Crippen LogP contribution in [-0.2, 0) is 19.1 Å². The van der Waals surface area contributed by atoms with Crippen molar-refractivity contribution in [2.24, 2.45) is 0 Å². The third kappa shape index (κ3) is 10.8. The molecule has 0 bridgehead atoms. The number of hydroxylamine groups is 2. The van der Waals surface area contributed by atoms with Crippen LogP contribution in [0.15, 0.2) is 0 Å². The molecule has 1 N–H and O–H groups in total. The van der Waals surface area contributed by atoms with E-state index in [2.05, 4.69) is 6.92 Å². The van der Waals surface area contributed by atoms with Gasteiger partial charge >= 0.3 is 5.97 Å². The van der Waals surface area contributed by atoms with Gasteiger partial charge in [0.15, 0.2) is 6.10 Å². The first-order valence-corrected chi connectivity index (χ1v) is 11.3. The van der Waals surface area contributed by atoms with Gasteiger partial charge in [-0.2, -0.15) is 5.06 Å². The van der Waals surface area contributed by atoms with Crippen LogP contribution in [0.3, 0.4) is 0 Å². The van der Waals surface area contributed by atoms with Gasteiger partial charge in [-0.15, -0.1) is 0 Å². The van der Waals surface area contributed by atoms with E-state index in [0.29, 0.717) is 0 Å². The number of hydrogen-bond acceptors (Lipinski definition) is 5. The summed E-state index contributed by atoms with van der Waals surface area (Å²) in [5.74, 6) is -2.05. The molecule has 162 valence electrons. The molecule has 0 radical (unpaired) electrons. The molecule has 6 nitrogen and oxygen atoms in total. The zero-order valence-electron chi connectivity index (χ0n) is 17.6. The molecule has 0 aromatic carbocycles. The number of rotatable bonds is 17. The van der Waals surface area contributed by atoms with Gasteiger partial charge in [0.25, 0.3) is 11.8 Å². The molecular weight excluding hydrogens is 358 g/mol. The fourth-order valence-electron chi connectivity index (χ4n) is 3.54. The SMILES string of the molecule is CCCCCCCCCCCCCCCCCC(=O)OC1CC(=O)N(O)C1=O. The summed E-state index contributed by atoms with van der Waals surface area (Å²) in [5.41, 5.74) is 0. The highest BCUT2D eigenvalue weighted by atomic mass is 16.6. The number of amides is 2. The van der Waals surface area contributed by atoms with Gasteiger partial charge in [-0.1, -0.05) is 96.8 Å². The fourth-order valence-corrected chi connectivity index (χ4v) is 3.54. The van der Waals surface area contributed by atoms with Crippen molar-refractivity contribution in [2.75, 3.05) is 0 Å². The first-order valence-electron chi connectivity index (χ1n) is 11.3. The molecule has 1 saturated heterocycles. The first-order chi connectivity index (χ1) is 13.6. The smallest absolute Gasteiger partial charge is 0.306 e. The van der Waals surface area contributed by atoms with E-state index in [1.54, 1.807) is 0 Å². The zero-order valence-corrected chi connectivity index (χ0v) is 17.6. The maximum Gasteiger partial charge on any atom is 0.306 e. The average Bonchev–Trinajstić information content (AvgIpc) is 2.91. The largest absolute Gasteiger partial charge is 0.452 e. The molecule has 1 fully saturated rings. The summed E-state index contributed by atoms with van der Waals surface area (Å²) in [6, 6.07) is 0. The molecule has 0 aromatic rings. The number of nitrogens with zero attached hydrogens (tertiary/aromatic N) is 1. The van der Waals surface area contributed by atoms with Crippen LogP contribution in [0.25, 0.3) is 0 Å². The first kappa shape index (κ1) is 24.6. The molecule has 2 amide bonds. The van der Waals surface area contributed by atoms with Crippen LogP contribution >= 0.6 is 0 Å². The normalized spacial score (nSPS) is 16.8. The van der Waals surface area contributed by atoms with E-state index in [1.807, 2.05) is 0 Å². The van der Waals surface area contributed by atoms with Crippen LogP contribution in [0.2, 0.25) is 0 Å². The molecule has 0 saturated carbocycles. The number of unbranched alkanes of at least 4 members (excludes halogenated alkanes) is 14. The second kappa shape index (κ2) is 15.5. The average molecular weight is 398 g/mol. The highest BCUT2D eigenvalue weighted by Crippen LogP contribution is 2.16. The minimum Gasteiger partial charge on any atom is -0.452 e. The zero-order chi connectivity index (χ0) is 20.6. The van der Waals surface area contributed by atoms with Gasteiger partial charge in [-0.3, -0.25) is 19.6 Å². The number of carbonyl (C=O) groups is 3. The topological polar surface area (TPSA) is 83.9 Å². The number of carbonyl (C=O) groups excluding carboxylic acids is 3. The van der Waals surface area contributed by atoms with E-state index in [0.717, 1.165) is 19.3 Å². The lowest BCUT2D eigenvalue weighted by atomic mass is 10.0. The lowest BCUT2D eigenvalue weighted by Crippen LogP contribution is -2.30. The summed E-state index contributed by atoms with van der Waals surface area (Å²) in [7, 11) is 0. The lowest BCUT2D eigenvalue weighted by Gasteiger charge is -2.09. The number of imide groups is 1. The van der Waals surface area contributed by atoms with Gasteiger partial charge in [0.05, 0.1) is 6.42 Å². The molecule has 1 aliphatic heterocycles. The van der Waals surface area contributed by atoms with Crippen LogP contribution in [0.5, 0.6) is 0 Å².